The molecule has 4 fully saturated rings. The van der Waals surface area contributed by atoms with Crippen LogP contribution in [0.2, 0.25) is 0 Å². The van der Waals surface area contributed by atoms with E-state index in [2.05, 4.69) is 6.58 Å². The summed E-state index contributed by atoms with van der Waals surface area (Å²) in [7, 11) is -3.79. The molecule has 4 aliphatic rings. The lowest BCUT2D eigenvalue weighted by Gasteiger charge is -2.61. The maximum absolute atomic E-state index is 12.8. The number of carbonyl (C=O) groups is 1. The van der Waals surface area contributed by atoms with E-state index in [4.69, 9.17) is 8.92 Å². The Bertz CT molecular complexity index is 918. The van der Waals surface area contributed by atoms with Crippen LogP contribution in [-0.2, 0) is 23.8 Å². The molecule has 4 aliphatic carbocycles. The molecule has 0 amide bonds. The molecular formula is C23H30O5S. The van der Waals surface area contributed by atoms with Gasteiger partial charge in [-0.05, 0) is 81.3 Å². The van der Waals surface area contributed by atoms with Gasteiger partial charge in [0, 0.05) is 11.0 Å². The lowest BCUT2D eigenvalue weighted by atomic mass is 9.44. The van der Waals surface area contributed by atoms with Crippen molar-refractivity contribution in [2.24, 2.45) is 22.7 Å². The SMILES string of the molecule is C=C(C)C(=O)OCC12CC3CC(C1)CC(COS(=O)(=O)c1ccccc1C)(C3)C2. The smallest absolute Gasteiger partial charge is 0.333 e. The fraction of sp³-hybridized carbons (Fsp3) is 0.609. The molecule has 4 bridgehead atoms. The zero-order chi connectivity index (χ0) is 20.9. The summed E-state index contributed by atoms with van der Waals surface area (Å²) < 4.78 is 36.8. The average Bonchev–Trinajstić information content (AvgIpc) is 2.64. The number of esters is 1. The molecule has 4 saturated carbocycles. The van der Waals surface area contributed by atoms with Crippen LogP contribution in [0.3, 0.4) is 0 Å². The second kappa shape index (κ2) is 7.24. The monoisotopic (exact) mass is 418 g/mol. The van der Waals surface area contributed by atoms with Gasteiger partial charge in [0.05, 0.1) is 18.1 Å². The molecule has 1 aromatic rings. The summed E-state index contributed by atoms with van der Waals surface area (Å²) >= 11 is 0. The maximum Gasteiger partial charge on any atom is 0.333 e. The van der Waals surface area contributed by atoms with Crippen molar-refractivity contribution in [2.45, 2.75) is 57.3 Å². The molecule has 2 unspecified atom stereocenters. The molecule has 5 rings (SSSR count). The maximum atomic E-state index is 12.8. The summed E-state index contributed by atoms with van der Waals surface area (Å²) in [6.45, 7) is 7.72. The van der Waals surface area contributed by atoms with Crippen LogP contribution in [0.4, 0.5) is 0 Å². The van der Waals surface area contributed by atoms with Gasteiger partial charge in [0.1, 0.15) is 0 Å². The summed E-state index contributed by atoms with van der Waals surface area (Å²) in [5, 5.41) is 0. The topological polar surface area (TPSA) is 69.7 Å². The van der Waals surface area contributed by atoms with Crippen LogP contribution in [0.1, 0.15) is 51.0 Å². The molecule has 0 spiro atoms. The fourth-order valence-electron chi connectivity index (χ4n) is 6.43. The Morgan fingerprint density at radius 1 is 1.10 bits per heavy atom. The third kappa shape index (κ3) is 4.02. The number of carbonyl (C=O) groups excluding carboxylic acids is 1. The van der Waals surface area contributed by atoms with Gasteiger partial charge in [0.15, 0.2) is 0 Å². The summed E-state index contributed by atoms with van der Waals surface area (Å²) in [6.07, 6.45) is 6.17. The normalized spacial score (nSPS) is 32.9. The molecule has 2 atom stereocenters. The van der Waals surface area contributed by atoms with Gasteiger partial charge in [-0.25, -0.2) is 4.79 Å². The molecule has 5 nitrogen and oxygen atoms in total. The van der Waals surface area contributed by atoms with Gasteiger partial charge in [-0.3, -0.25) is 4.18 Å². The molecule has 0 heterocycles. The summed E-state index contributed by atoms with van der Waals surface area (Å²) in [6, 6.07) is 6.93. The van der Waals surface area contributed by atoms with E-state index in [0.717, 1.165) is 32.1 Å². The Balaban J connectivity index is 1.50. The number of ether oxygens (including phenoxy) is 1. The Labute approximate surface area is 173 Å². The van der Waals surface area contributed by atoms with Gasteiger partial charge in [-0.15, -0.1) is 0 Å². The lowest BCUT2D eigenvalue weighted by Crippen LogP contribution is -2.55. The number of aryl methyl sites for hydroxylation is 1. The van der Waals surface area contributed by atoms with E-state index in [0.29, 0.717) is 29.6 Å². The number of rotatable bonds is 7. The zero-order valence-electron chi connectivity index (χ0n) is 17.3. The van der Waals surface area contributed by atoms with Gasteiger partial charge < -0.3 is 4.74 Å². The molecular weight excluding hydrogens is 388 g/mol. The third-order valence-electron chi connectivity index (χ3n) is 7.04. The van der Waals surface area contributed by atoms with Crippen molar-refractivity contribution in [3.8, 4) is 0 Å². The fourth-order valence-corrected chi connectivity index (χ4v) is 7.67. The van der Waals surface area contributed by atoms with E-state index in [1.165, 1.54) is 6.42 Å². The first-order chi connectivity index (χ1) is 13.6. The van der Waals surface area contributed by atoms with Crippen molar-refractivity contribution in [3.63, 3.8) is 0 Å². The highest BCUT2D eigenvalue weighted by Gasteiger charge is 2.58. The minimum absolute atomic E-state index is 0.0506. The van der Waals surface area contributed by atoms with Crippen LogP contribution < -0.4 is 0 Å². The second-order valence-electron chi connectivity index (χ2n) is 9.80. The standard InChI is InChI=1S/C23H30O5S/c1-16(2)21(24)27-14-22-9-18-8-19(10-22)12-23(11-18,13-22)15-28-29(25,26)20-7-5-4-6-17(20)3/h4-7,18-19H,1,8-15H2,2-3H3. The first-order valence-electron chi connectivity index (χ1n) is 10.4. The van der Waals surface area contributed by atoms with Crippen LogP contribution >= 0.6 is 0 Å². The number of hydrogen-bond acceptors (Lipinski definition) is 5. The highest BCUT2D eigenvalue weighted by molar-refractivity contribution is 7.86. The lowest BCUT2D eigenvalue weighted by molar-refractivity contribution is -0.165. The van der Waals surface area contributed by atoms with E-state index in [1.54, 1.807) is 32.0 Å². The predicted molar refractivity (Wildman–Crippen MR) is 110 cm³/mol. The van der Waals surface area contributed by atoms with Crippen LogP contribution in [0.25, 0.3) is 0 Å². The Kier molecular flexibility index (Phi) is 5.14. The van der Waals surface area contributed by atoms with Crippen LogP contribution in [0.15, 0.2) is 41.3 Å². The Morgan fingerprint density at radius 2 is 1.69 bits per heavy atom. The summed E-state index contributed by atoms with van der Waals surface area (Å²) in [4.78, 5) is 12.2. The van der Waals surface area contributed by atoms with E-state index in [9.17, 15) is 13.2 Å². The van der Waals surface area contributed by atoms with Crippen molar-refractivity contribution >= 4 is 16.1 Å². The van der Waals surface area contributed by atoms with E-state index >= 15 is 0 Å². The molecule has 6 heteroatoms. The zero-order valence-corrected chi connectivity index (χ0v) is 18.1. The molecule has 0 N–H and O–H groups in total. The van der Waals surface area contributed by atoms with E-state index < -0.39 is 10.1 Å². The Morgan fingerprint density at radius 3 is 2.28 bits per heavy atom. The Hall–Kier alpha value is -1.66. The average molecular weight is 419 g/mol. The van der Waals surface area contributed by atoms with Crippen LogP contribution in [-0.4, -0.2) is 27.6 Å². The molecule has 0 saturated heterocycles. The van der Waals surface area contributed by atoms with Crippen molar-refractivity contribution in [3.05, 3.63) is 42.0 Å². The van der Waals surface area contributed by atoms with Gasteiger partial charge in [0.2, 0.25) is 0 Å². The highest BCUT2D eigenvalue weighted by atomic mass is 32.2. The van der Waals surface area contributed by atoms with Crippen molar-refractivity contribution in [2.75, 3.05) is 13.2 Å². The molecule has 29 heavy (non-hydrogen) atoms. The number of hydrogen-bond donors (Lipinski definition) is 0. The molecule has 1 aromatic carbocycles. The summed E-state index contributed by atoms with van der Waals surface area (Å²) in [5.41, 5.74) is 0.916. The molecule has 0 aliphatic heterocycles. The van der Waals surface area contributed by atoms with Gasteiger partial charge in [-0.2, -0.15) is 8.42 Å². The largest absolute Gasteiger partial charge is 0.462 e. The van der Waals surface area contributed by atoms with E-state index in [-0.39, 0.29) is 28.3 Å². The van der Waals surface area contributed by atoms with Gasteiger partial charge in [0.25, 0.3) is 10.1 Å². The highest BCUT2D eigenvalue weighted by Crippen LogP contribution is 2.65. The minimum Gasteiger partial charge on any atom is -0.462 e. The second-order valence-corrected chi connectivity index (χ2v) is 11.4. The van der Waals surface area contributed by atoms with Crippen LogP contribution in [0, 0.1) is 29.6 Å². The van der Waals surface area contributed by atoms with Crippen molar-refractivity contribution < 1.29 is 22.1 Å². The predicted octanol–water partition coefficient (Wildman–Crippen LogP) is 4.41. The van der Waals surface area contributed by atoms with Crippen molar-refractivity contribution in [1.29, 1.82) is 0 Å². The molecule has 0 aromatic heterocycles. The quantitative estimate of drug-likeness (QED) is 0.373. The molecule has 0 radical (unpaired) electrons. The van der Waals surface area contributed by atoms with Crippen LogP contribution in [0.5, 0.6) is 0 Å². The van der Waals surface area contributed by atoms with Gasteiger partial charge in [-0.1, -0.05) is 24.8 Å². The van der Waals surface area contributed by atoms with Crippen molar-refractivity contribution in [1.82, 2.24) is 0 Å². The number of benzene rings is 1. The first kappa shape index (κ1) is 20.6. The summed E-state index contributed by atoms with van der Waals surface area (Å²) in [5.74, 6) is 0.780. The molecule has 158 valence electrons. The first-order valence-corrected chi connectivity index (χ1v) is 11.8. The van der Waals surface area contributed by atoms with E-state index in [1.807, 2.05) is 6.07 Å². The minimum atomic E-state index is -3.79. The van der Waals surface area contributed by atoms with Gasteiger partial charge >= 0.3 is 5.97 Å². The third-order valence-corrected chi connectivity index (χ3v) is 8.47.